The van der Waals surface area contributed by atoms with Gasteiger partial charge >= 0.3 is 5.97 Å². The molecule has 2 bridgehead atoms. The third-order valence-corrected chi connectivity index (χ3v) is 7.17. The van der Waals surface area contributed by atoms with Crippen molar-refractivity contribution >= 4 is 11.8 Å². The van der Waals surface area contributed by atoms with E-state index >= 15 is 0 Å². The number of ketones is 1. The van der Waals surface area contributed by atoms with Crippen molar-refractivity contribution in [2.24, 2.45) is 23.2 Å². The Morgan fingerprint density at radius 2 is 2.09 bits per heavy atom. The summed E-state index contributed by atoms with van der Waals surface area (Å²) in [5.74, 6) is -0.0107. The van der Waals surface area contributed by atoms with Gasteiger partial charge in [0.25, 0.3) is 0 Å². The number of hydrogen-bond acceptors (Lipinski definition) is 5. The molecule has 128 valence electrons. The third kappa shape index (κ3) is 1.86. The fourth-order valence-corrected chi connectivity index (χ4v) is 6.55. The number of aliphatic hydroxyl groups is 1. The number of piperidine rings is 1. The molecule has 2 saturated heterocycles. The van der Waals surface area contributed by atoms with Crippen LogP contribution in [0, 0.1) is 23.2 Å². The lowest BCUT2D eigenvalue weighted by molar-refractivity contribution is -0.285. The predicted octanol–water partition coefficient (Wildman–Crippen LogP) is 1.73. The van der Waals surface area contributed by atoms with E-state index < -0.39 is 11.1 Å². The summed E-state index contributed by atoms with van der Waals surface area (Å²) in [4.78, 5) is 26.7. The molecule has 0 radical (unpaired) electrons. The van der Waals surface area contributed by atoms with Crippen LogP contribution >= 0.6 is 0 Å². The molecule has 1 spiro atoms. The summed E-state index contributed by atoms with van der Waals surface area (Å²) in [6.45, 7) is 5.29. The monoisotopic (exact) mass is 321 g/mol. The predicted molar refractivity (Wildman–Crippen MR) is 83.4 cm³/mol. The van der Waals surface area contributed by atoms with Crippen LogP contribution in [0.5, 0.6) is 0 Å². The maximum absolute atomic E-state index is 12.8. The Bertz CT molecular complexity index is 549. The van der Waals surface area contributed by atoms with Crippen LogP contribution in [0.1, 0.15) is 52.4 Å². The molecule has 0 aromatic heterocycles. The lowest BCUT2D eigenvalue weighted by atomic mass is 9.52. The fourth-order valence-electron chi connectivity index (χ4n) is 6.55. The average molecular weight is 321 g/mol. The van der Waals surface area contributed by atoms with Gasteiger partial charge in [-0.1, -0.05) is 6.92 Å². The molecule has 2 aliphatic heterocycles. The van der Waals surface area contributed by atoms with Crippen molar-refractivity contribution in [2.45, 2.75) is 64.2 Å². The molecule has 0 aromatic rings. The molecule has 5 heteroatoms. The van der Waals surface area contributed by atoms with Crippen LogP contribution in [0.2, 0.25) is 0 Å². The van der Waals surface area contributed by atoms with Gasteiger partial charge in [-0.05, 0) is 38.0 Å². The molecule has 4 aliphatic rings. The molecule has 4 rings (SSSR count). The molecule has 2 aliphatic carbocycles. The topological polar surface area (TPSA) is 66.8 Å². The SMILES string of the molecule is CC(=O)O[C@@H]1[C@H]2CC(=O)[C@H]3CCCN4CCC[C@@]32[C@@]4(O)C[C@@H]1C. The molecular weight excluding hydrogens is 294 g/mol. The minimum Gasteiger partial charge on any atom is -0.462 e. The molecule has 4 fully saturated rings. The Hall–Kier alpha value is -0.940. The van der Waals surface area contributed by atoms with Crippen LogP contribution in [-0.2, 0) is 14.3 Å². The summed E-state index contributed by atoms with van der Waals surface area (Å²) in [6, 6.07) is 0. The molecule has 2 saturated carbocycles. The zero-order valence-corrected chi connectivity index (χ0v) is 14.1. The third-order valence-electron chi connectivity index (χ3n) is 7.17. The number of nitrogens with zero attached hydrogens (tertiary/aromatic N) is 1. The Morgan fingerprint density at radius 1 is 1.35 bits per heavy atom. The van der Waals surface area contributed by atoms with Crippen molar-refractivity contribution < 1.29 is 19.4 Å². The Balaban J connectivity index is 1.85. The minimum absolute atomic E-state index is 0.0291. The Kier molecular flexibility index (Phi) is 3.40. The van der Waals surface area contributed by atoms with E-state index in [1.54, 1.807) is 0 Å². The normalized spacial score (nSPS) is 51.8. The van der Waals surface area contributed by atoms with Gasteiger partial charge in [-0.2, -0.15) is 0 Å². The Labute approximate surface area is 137 Å². The second kappa shape index (κ2) is 5.03. The maximum Gasteiger partial charge on any atom is 0.302 e. The van der Waals surface area contributed by atoms with E-state index in [9.17, 15) is 14.7 Å². The van der Waals surface area contributed by atoms with Gasteiger partial charge in [0.1, 0.15) is 17.6 Å². The van der Waals surface area contributed by atoms with E-state index in [0.717, 1.165) is 38.8 Å². The van der Waals surface area contributed by atoms with Crippen molar-refractivity contribution in [3.63, 3.8) is 0 Å². The van der Waals surface area contributed by atoms with Crippen molar-refractivity contribution in [2.75, 3.05) is 13.1 Å². The first-order chi connectivity index (χ1) is 10.9. The van der Waals surface area contributed by atoms with Gasteiger partial charge in [0.2, 0.25) is 0 Å². The van der Waals surface area contributed by atoms with Gasteiger partial charge in [-0.3, -0.25) is 14.5 Å². The highest BCUT2D eigenvalue weighted by Crippen LogP contribution is 2.67. The van der Waals surface area contributed by atoms with E-state index in [1.807, 2.05) is 0 Å². The molecule has 2 heterocycles. The molecule has 1 N–H and O–H groups in total. The number of ether oxygens (including phenoxy) is 1. The molecule has 1 unspecified atom stereocenters. The van der Waals surface area contributed by atoms with Gasteiger partial charge in [-0.15, -0.1) is 0 Å². The Morgan fingerprint density at radius 3 is 2.83 bits per heavy atom. The minimum atomic E-state index is -0.903. The molecule has 23 heavy (non-hydrogen) atoms. The highest BCUT2D eigenvalue weighted by molar-refractivity contribution is 5.85. The average Bonchev–Trinajstić information content (AvgIpc) is 2.74. The summed E-state index contributed by atoms with van der Waals surface area (Å²) in [5.41, 5.74) is -1.31. The fraction of sp³-hybridized carbons (Fsp3) is 0.889. The summed E-state index contributed by atoms with van der Waals surface area (Å²) in [6.07, 6.45) is 4.57. The number of carbonyl (C=O) groups is 2. The summed E-state index contributed by atoms with van der Waals surface area (Å²) >= 11 is 0. The molecule has 0 aromatic carbocycles. The quantitative estimate of drug-likeness (QED) is 0.745. The molecule has 5 nitrogen and oxygen atoms in total. The van der Waals surface area contributed by atoms with E-state index in [4.69, 9.17) is 4.74 Å². The number of hydrogen-bond donors (Lipinski definition) is 1. The molecule has 7 atom stereocenters. The van der Waals surface area contributed by atoms with Crippen molar-refractivity contribution in [1.29, 1.82) is 0 Å². The van der Waals surface area contributed by atoms with E-state index in [2.05, 4.69) is 11.8 Å². The highest BCUT2D eigenvalue weighted by Gasteiger charge is 2.72. The second-order valence-electron chi connectivity index (χ2n) is 8.17. The molecular formula is C18H27NO4. The second-order valence-corrected chi connectivity index (χ2v) is 8.17. The van der Waals surface area contributed by atoms with E-state index in [1.165, 1.54) is 6.92 Å². The molecule has 0 amide bonds. The van der Waals surface area contributed by atoms with Gasteiger partial charge in [0.15, 0.2) is 0 Å². The lowest BCUT2D eigenvalue weighted by Gasteiger charge is -2.63. The van der Waals surface area contributed by atoms with E-state index in [0.29, 0.717) is 12.8 Å². The van der Waals surface area contributed by atoms with Crippen molar-refractivity contribution in [3.8, 4) is 0 Å². The van der Waals surface area contributed by atoms with Crippen LogP contribution in [0.3, 0.4) is 0 Å². The van der Waals surface area contributed by atoms with Crippen LogP contribution < -0.4 is 0 Å². The number of rotatable bonds is 1. The summed E-state index contributed by atoms with van der Waals surface area (Å²) in [5, 5.41) is 11.8. The van der Waals surface area contributed by atoms with Crippen LogP contribution in [0.4, 0.5) is 0 Å². The van der Waals surface area contributed by atoms with Crippen molar-refractivity contribution in [1.82, 2.24) is 4.90 Å². The summed E-state index contributed by atoms with van der Waals surface area (Å²) in [7, 11) is 0. The lowest BCUT2D eigenvalue weighted by Crippen LogP contribution is -2.71. The van der Waals surface area contributed by atoms with Gasteiger partial charge in [0, 0.05) is 43.7 Å². The zero-order chi connectivity index (χ0) is 16.4. The van der Waals surface area contributed by atoms with E-state index in [-0.39, 0.29) is 35.6 Å². The number of esters is 1. The van der Waals surface area contributed by atoms with Crippen LogP contribution in [0.15, 0.2) is 0 Å². The summed E-state index contributed by atoms with van der Waals surface area (Å²) < 4.78 is 5.68. The van der Waals surface area contributed by atoms with Crippen LogP contribution in [0.25, 0.3) is 0 Å². The van der Waals surface area contributed by atoms with Gasteiger partial charge in [0.05, 0.1) is 0 Å². The largest absolute Gasteiger partial charge is 0.462 e. The standard InChI is InChI=1S/C18H27NO4/c1-11-10-18(22)17-6-4-8-19(18)7-3-5-13(17)15(21)9-14(17)16(11)23-12(2)20/h11,13-14,16,22H,3-10H2,1-2H3/t11-,13+,14+,16-,17+,18-/m0/s1. The van der Waals surface area contributed by atoms with Crippen molar-refractivity contribution in [3.05, 3.63) is 0 Å². The highest BCUT2D eigenvalue weighted by atomic mass is 16.5. The first-order valence-electron chi connectivity index (χ1n) is 9.07. The maximum atomic E-state index is 12.8. The van der Waals surface area contributed by atoms with Crippen LogP contribution in [-0.4, -0.2) is 46.7 Å². The zero-order valence-electron chi connectivity index (χ0n) is 14.1. The van der Waals surface area contributed by atoms with Gasteiger partial charge < -0.3 is 9.84 Å². The first-order valence-corrected chi connectivity index (χ1v) is 9.07. The number of Topliss-reactive ketones (excluding diaryl/α,β-unsaturated/α-hetero) is 1. The number of carbonyl (C=O) groups excluding carboxylic acids is 2. The van der Waals surface area contributed by atoms with Gasteiger partial charge in [-0.25, -0.2) is 0 Å². The smallest absolute Gasteiger partial charge is 0.302 e. The first kappa shape index (κ1) is 15.6.